The summed E-state index contributed by atoms with van der Waals surface area (Å²) in [5.41, 5.74) is 4.16. The number of aryl methyl sites for hydroxylation is 2. The van der Waals surface area contributed by atoms with Crippen molar-refractivity contribution >= 4 is 34.0 Å². The highest BCUT2D eigenvalue weighted by atomic mass is 32.1. The molecule has 0 aliphatic carbocycles. The van der Waals surface area contributed by atoms with Crippen LogP contribution in [-0.2, 0) is 9.59 Å². The zero-order valence-electron chi connectivity index (χ0n) is 17.9. The maximum atomic E-state index is 12.4. The van der Waals surface area contributed by atoms with Gasteiger partial charge in [0, 0.05) is 17.5 Å². The Kier molecular flexibility index (Phi) is 6.23. The van der Waals surface area contributed by atoms with Crippen molar-refractivity contribution in [1.29, 1.82) is 0 Å². The second kappa shape index (κ2) is 9.23. The lowest BCUT2D eigenvalue weighted by Crippen LogP contribution is -2.38. The van der Waals surface area contributed by atoms with Crippen LogP contribution in [0.15, 0.2) is 54.4 Å². The van der Waals surface area contributed by atoms with E-state index in [9.17, 15) is 9.59 Å². The first-order valence-corrected chi connectivity index (χ1v) is 11.0. The number of ether oxygens (including phenoxy) is 2. The topological polar surface area (TPSA) is 80.8 Å². The minimum absolute atomic E-state index is 0.0111. The summed E-state index contributed by atoms with van der Waals surface area (Å²) in [4.78, 5) is 30.7. The number of anilines is 2. The van der Waals surface area contributed by atoms with Crippen LogP contribution >= 0.6 is 11.3 Å². The van der Waals surface area contributed by atoms with E-state index in [-0.39, 0.29) is 25.0 Å². The first-order valence-electron chi connectivity index (χ1n) is 10.1. The Morgan fingerprint density at radius 1 is 1.31 bits per heavy atom. The second-order valence-corrected chi connectivity index (χ2v) is 8.22. The Balaban J connectivity index is 1.45. The van der Waals surface area contributed by atoms with Gasteiger partial charge in [0.2, 0.25) is 0 Å². The summed E-state index contributed by atoms with van der Waals surface area (Å²) < 4.78 is 11.2. The normalized spacial score (nSPS) is 12.7. The summed E-state index contributed by atoms with van der Waals surface area (Å²) >= 11 is 1.32. The highest BCUT2D eigenvalue weighted by molar-refractivity contribution is 7.14. The smallest absolute Gasteiger partial charge is 0.265 e. The summed E-state index contributed by atoms with van der Waals surface area (Å²) in [5, 5.41) is 5.11. The van der Waals surface area contributed by atoms with Gasteiger partial charge in [0.25, 0.3) is 11.8 Å². The van der Waals surface area contributed by atoms with Gasteiger partial charge in [0.1, 0.15) is 11.5 Å². The quantitative estimate of drug-likeness (QED) is 0.542. The first kappa shape index (κ1) is 21.6. The van der Waals surface area contributed by atoms with E-state index in [4.69, 9.17) is 9.47 Å². The number of aromatic nitrogens is 1. The van der Waals surface area contributed by atoms with E-state index in [0.29, 0.717) is 28.8 Å². The molecular formula is C24H23N3O4S. The molecule has 0 spiro atoms. The van der Waals surface area contributed by atoms with Crippen molar-refractivity contribution in [2.75, 3.05) is 30.0 Å². The Labute approximate surface area is 190 Å². The number of hydrogen-bond acceptors (Lipinski definition) is 6. The largest absolute Gasteiger partial charge is 0.483 e. The molecule has 0 unspecified atom stereocenters. The number of carbonyl (C=O) groups excluding carboxylic acids is 2. The third kappa shape index (κ3) is 4.50. The number of carbonyl (C=O) groups is 2. The lowest BCUT2D eigenvalue weighted by atomic mass is 10.1. The molecule has 0 fully saturated rings. The zero-order valence-corrected chi connectivity index (χ0v) is 18.7. The summed E-state index contributed by atoms with van der Waals surface area (Å²) in [7, 11) is 0. The average molecular weight is 450 g/mol. The van der Waals surface area contributed by atoms with Crippen LogP contribution in [0.2, 0.25) is 0 Å². The van der Waals surface area contributed by atoms with Crippen LogP contribution in [0.25, 0.3) is 11.3 Å². The van der Waals surface area contributed by atoms with Gasteiger partial charge in [-0.25, -0.2) is 4.98 Å². The molecule has 3 aromatic rings. The molecule has 2 aromatic carbocycles. The number of nitrogens with zero attached hydrogens (tertiary/aromatic N) is 2. The Morgan fingerprint density at radius 3 is 2.84 bits per heavy atom. The maximum absolute atomic E-state index is 12.4. The zero-order chi connectivity index (χ0) is 22.7. The average Bonchev–Trinajstić information content (AvgIpc) is 3.23. The lowest BCUT2D eigenvalue weighted by Gasteiger charge is -2.28. The SMILES string of the molecule is C=CCN1C(=O)COc2ccc(-c3csc(NC(=O)COc4c(C)cccc4C)n3)cc21. The number of para-hydroxylation sites is 1. The molecule has 2 heterocycles. The maximum Gasteiger partial charge on any atom is 0.265 e. The van der Waals surface area contributed by atoms with Crippen molar-refractivity contribution in [3.05, 3.63) is 65.6 Å². The number of amides is 2. The molecule has 4 rings (SSSR count). The van der Waals surface area contributed by atoms with Gasteiger partial charge < -0.3 is 14.4 Å². The minimum atomic E-state index is -0.282. The first-order chi connectivity index (χ1) is 15.5. The van der Waals surface area contributed by atoms with Crippen LogP contribution in [0.4, 0.5) is 10.8 Å². The molecule has 2 amide bonds. The van der Waals surface area contributed by atoms with Crippen LogP contribution in [0.5, 0.6) is 11.5 Å². The van der Waals surface area contributed by atoms with Gasteiger partial charge in [-0.2, -0.15) is 0 Å². The fraction of sp³-hybridized carbons (Fsp3) is 0.208. The molecule has 0 saturated heterocycles. The molecule has 32 heavy (non-hydrogen) atoms. The molecule has 1 aliphatic heterocycles. The number of nitrogens with one attached hydrogen (secondary N) is 1. The predicted molar refractivity (Wildman–Crippen MR) is 126 cm³/mol. The van der Waals surface area contributed by atoms with E-state index in [1.807, 2.05) is 55.6 Å². The van der Waals surface area contributed by atoms with E-state index in [1.165, 1.54) is 11.3 Å². The fourth-order valence-electron chi connectivity index (χ4n) is 3.47. The Hall–Kier alpha value is -3.65. The van der Waals surface area contributed by atoms with Crippen LogP contribution in [0.3, 0.4) is 0 Å². The third-order valence-electron chi connectivity index (χ3n) is 5.02. The predicted octanol–water partition coefficient (Wildman–Crippen LogP) is 4.36. The Morgan fingerprint density at radius 2 is 2.09 bits per heavy atom. The van der Waals surface area contributed by atoms with Gasteiger partial charge in [0.15, 0.2) is 18.3 Å². The number of hydrogen-bond donors (Lipinski definition) is 1. The van der Waals surface area contributed by atoms with Gasteiger partial charge in [0.05, 0.1) is 11.4 Å². The van der Waals surface area contributed by atoms with Crippen LogP contribution in [0, 0.1) is 13.8 Å². The van der Waals surface area contributed by atoms with Gasteiger partial charge in [-0.15, -0.1) is 17.9 Å². The molecule has 0 radical (unpaired) electrons. The number of rotatable bonds is 7. The molecule has 1 N–H and O–H groups in total. The monoisotopic (exact) mass is 449 g/mol. The highest BCUT2D eigenvalue weighted by Gasteiger charge is 2.25. The molecule has 164 valence electrons. The van der Waals surface area contributed by atoms with Crippen molar-refractivity contribution in [3.8, 4) is 22.8 Å². The molecule has 0 atom stereocenters. The molecular weight excluding hydrogens is 426 g/mol. The molecule has 1 aromatic heterocycles. The van der Waals surface area contributed by atoms with Gasteiger partial charge in [-0.05, 0) is 43.2 Å². The fourth-order valence-corrected chi connectivity index (χ4v) is 4.21. The van der Waals surface area contributed by atoms with Crippen molar-refractivity contribution < 1.29 is 19.1 Å². The van der Waals surface area contributed by atoms with E-state index < -0.39 is 0 Å². The minimum Gasteiger partial charge on any atom is -0.483 e. The number of benzene rings is 2. The number of thiazole rings is 1. The molecule has 0 bridgehead atoms. The third-order valence-corrected chi connectivity index (χ3v) is 5.77. The van der Waals surface area contributed by atoms with Crippen LogP contribution in [-0.4, -0.2) is 36.6 Å². The Bertz CT molecular complexity index is 1170. The van der Waals surface area contributed by atoms with E-state index in [2.05, 4.69) is 16.9 Å². The molecule has 0 saturated carbocycles. The standard InChI is InChI=1S/C24H23N3O4S/c1-4-10-27-19-11-17(8-9-20(19)30-13-22(27)29)18-14-32-24(25-18)26-21(28)12-31-23-15(2)6-5-7-16(23)3/h4-9,11,14H,1,10,12-13H2,2-3H3,(H,25,26,28). The van der Waals surface area contributed by atoms with E-state index in [0.717, 1.165) is 22.4 Å². The number of fused-ring (bicyclic) bond motifs is 1. The summed E-state index contributed by atoms with van der Waals surface area (Å²) in [6.45, 7) is 7.92. The van der Waals surface area contributed by atoms with Crippen molar-refractivity contribution in [1.82, 2.24) is 4.98 Å². The summed E-state index contributed by atoms with van der Waals surface area (Å²) in [5.74, 6) is 0.958. The van der Waals surface area contributed by atoms with Crippen molar-refractivity contribution in [3.63, 3.8) is 0 Å². The van der Waals surface area contributed by atoms with Gasteiger partial charge in [-0.3, -0.25) is 14.9 Å². The molecule has 1 aliphatic rings. The summed E-state index contributed by atoms with van der Waals surface area (Å²) in [6.07, 6.45) is 1.68. The molecule has 7 nitrogen and oxygen atoms in total. The summed E-state index contributed by atoms with van der Waals surface area (Å²) in [6, 6.07) is 11.4. The second-order valence-electron chi connectivity index (χ2n) is 7.36. The van der Waals surface area contributed by atoms with Crippen molar-refractivity contribution in [2.24, 2.45) is 0 Å². The molecule has 8 heteroatoms. The lowest BCUT2D eigenvalue weighted by molar-refractivity contribution is -0.121. The van der Waals surface area contributed by atoms with Gasteiger partial charge in [-0.1, -0.05) is 24.3 Å². The highest BCUT2D eigenvalue weighted by Crippen LogP contribution is 2.36. The van der Waals surface area contributed by atoms with E-state index >= 15 is 0 Å². The van der Waals surface area contributed by atoms with Crippen LogP contribution < -0.4 is 19.7 Å². The van der Waals surface area contributed by atoms with E-state index in [1.54, 1.807) is 11.0 Å². The van der Waals surface area contributed by atoms with Gasteiger partial charge >= 0.3 is 0 Å². The van der Waals surface area contributed by atoms with Crippen LogP contribution in [0.1, 0.15) is 11.1 Å². The van der Waals surface area contributed by atoms with Crippen molar-refractivity contribution in [2.45, 2.75) is 13.8 Å².